The molecular formula is C21H20N4Pt. The summed E-state index contributed by atoms with van der Waals surface area (Å²) in [6.45, 7) is 2.07. The normalized spacial score (nSPS) is 9.81. The van der Waals surface area contributed by atoms with Gasteiger partial charge in [0, 0.05) is 38.9 Å². The second kappa shape index (κ2) is 9.30. The van der Waals surface area contributed by atoms with Crippen molar-refractivity contribution in [2.45, 2.75) is 6.92 Å². The monoisotopic (exact) mass is 523 g/mol. The van der Waals surface area contributed by atoms with Crippen molar-refractivity contribution in [1.82, 2.24) is 19.1 Å². The van der Waals surface area contributed by atoms with E-state index in [0.29, 0.717) is 0 Å². The molecule has 0 N–H and O–H groups in total. The number of benzene rings is 2. The van der Waals surface area contributed by atoms with E-state index in [-0.39, 0.29) is 21.1 Å². The molecule has 2 aromatic heterocycles. The molecule has 134 valence electrons. The summed E-state index contributed by atoms with van der Waals surface area (Å²) >= 11 is 0. The van der Waals surface area contributed by atoms with Crippen molar-refractivity contribution in [1.29, 1.82) is 0 Å². The van der Waals surface area contributed by atoms with Crippen molar-refractivity contribution in [2.75, 3.05) is 0 Å². The molecule has 4 nitrogen and oxygen atoms in total. The summed E-state index contributed by atoms with van der Waals surface area (Å²) in [6, 6.07) is 20.2. The summed E-state index contributed by atoms with van der Waals surface area (Å²) in [5, 5.41) is 0. The van der Waals surface area contributed by atoms with E-state index in [1.54, 1.807) is 12.4 Å². The Morgan fingerprint density at radius 3 is 1.92 bits per heavy atom. The SMILES string of the molecule is Cc1cc[c-]c(-c2nccn2C)c1.Cn1ccnc1-c1[c-]cccc1.[Pt+2]. The molecule has 0 aliphatic rings. The number of aromatic nitrogens is 4. The topological polar surface area (TPSA) is 35.6 Å². The van der Waals surface area contributed by atoms with Gasteiger partial charge in [0.15, 0.2) is 0 Å². The van der Waals surface area contributed by atoms with Crippen LogP contribution in [-0.4, -0.2) is 19.1 Å². The summed E-state index contributed by atoms with van der Waals surface area (Å²) in [6.07, 6.45) is 7.45. The quantitative estimate of drug-likeness (QED) is 0.372. The molecule has 0 spiro atoms. The van der Waals surface area contributed by atoms with Crippen LogP contribution < -0.4 is 0 Å². The molecule has 0 aliphatic heterocycles. The minimum atomic E-state index is 0. The molecule has 5 heteroatoms. The Morgan fingerprint density at radius 2 is 1.42 bits per heavy atom. The first-order valence-electron chi connectivity index (χ1n) is 8.05. The van der Waals surface area contributed by atoms with E-state index in [0.717, 1.165) is 22.8 Å². The van der Waals surface area contributed by atoms with Crippen LogP contribution in [0.15, 0.2) is 67.3 Å². The predicted molar refractivity (Wildman–Crippen MR) is 99.7 cm³/mol. The zero-order valence-electron chi connectivity index (χ0n) is 15.0. The van der Waals surface area contributed by atoms with Gasteiger partial charge < -0.3 is 9.13 Å². The molecule has 2 heterocycles. The van der Waals surface area contributed by atoms with Gasteiger partial charge in [-0.25, -0.2) is 0 Å². The third-order valence-electron chi connectivity index (χ3n) is 3.79. The molecule has 0 bridgehead atoms. The zero-order chi connectivity index (χ0) is 17.6. The molecule has 0 amide bonds. The Morgan fingerprint density at radius 1 is 0.808 bits per heavy atom. The van der Waals surface area contributed by atoms with E-state index in [2.05, 4.69) is 35.1 Å². The van der Waals surface area contributed by atoms with Gasteiger partial charge in [0.05, 0.1) is 11.6 Å². The van der Waals surface area contributed by atoms with Gasteiger partial charge in [0.1, 0.15) is 0 Å². The fourth-order valence-corrected chi connectivity index (χ4v) is 2.49. The molecule has 0 saturated heterocycles. The fourth-order valence-electron chi connectivity index (χ4n) is 2.49. The number of hydrogen-bond donors (Lipinski definition) is 0. The van der Waals surface area contributed by atoms with Crippen LogP contribution in [0.2, 0.25) is 0 Å². The minimum Gasteiger partial charge on any atom is -0.373 e. The molecule has 0 atom stereocenters. The number of aryl methyl sites for hydroxylation is 3. The summed E-state index contributed by atoms with van der Waals surface area (Å²) in [5.41, 5.74) is 3.31. The minimum absolute atomic E-state index is 0. The number of rotatable bonds is 2. The van der Waals surface area contributed by atoms with E-state index in [1.807, 2.05) is 72.0 Å². The predicted octanol–water partition coefficient (Wildman–Crippen LogP) is 4.08. The Balaban J connectivity index is 0.000000180. The molecule has 2 aromatic carbocycles. The molecule has 0 radical (unpaired) electrons. The van der Waals surface area contributed by atoms with Gasteiger partial charge in [-0.3, -0.25) is 9.97 Å². The molecule has 0 unspecified atom stereocenters. The third-order valence-corrected chi connectivity index (χ3v) is 3.79. The van der Waals surface area contributed by atoms with Crippen LogP contribution in [0, 0.1) is 19.1 Å². The largest absolute Gasteiger partial charge is 2.00 e. The van der Waals surface area contributed by atoms with E-state index in [1.165, 1.54) is 5.56 Å². The molecule has 0 aliphatic carbocycles. The summed E-state index contributed by atoms with van der Waals surface area (Å²) in [7, 11) is 3.96. The molecule has 0 fully saturated rings. The van der Waals surface area contributed by atoms with Gasteiger partial charge >= 0.3 is 21.1 Å². The Hall–Kier alpha value is -2.45. The van der Waals surface area contributed by atoms with Crippen molar-refractivity contribution < 1.29 is 21.1 Å². The summed E-state index contributed by atoms with van der Waals surface area (Å²) < 4.78 is 3.97. The average molecular weight is 523 g/mol. The molecule has 4 aromatic rings. The first kappa shape index (κ1) is 19.9. The van der Waals surface area contributed by atoms with Gasteiger partial charge in [-0.2, -0.15) is 0 Å². The molecule has 0 saturated carbocycles. The maximum atomic E-state index is 4.26. The van der Waals surface area contributed by atoms with Crippen molar-refractivity contribution in [2.24, 2.45) is 14.1 Å². The van der Waals surface area contributed by atoms with E-state index >= 15 is 0 Å². The zero-order valence-corrected chi connectivity index (χ0v) is 17.2. The second-order valence-electron chi connectivity index (χ2n) is 5.78. The maximum absolute atomic E-state index is 4.26. The fraction of sp³-hybridized carbons (Fsp3) is 0.143. The molecule has 4 rings (SSSR count). The summed E-state index contributed by atoms with van der Waals surface area (Å²) in [5.74, 6) is 1.92. The van der Waals surface area contributed by atoms with Crippen LogP contribution in [0.3, 0.4) is 0 Å². The van der Waals surface area contributed by atoms with Crippen LogP contribution >= 0.6 is 0 Å². The first-order valence-corrected chi connectivity index (χ1v) is 8.05. The standard InChI is InChI=1S/C11H11N2.C10H9N2.Pt/c1-9-4-3-5-10(8-9)11-12-6-7-13(11)2;1-12-8-7-11-10(12)9-5-3-2-4-6-9;/h3-4,6-8H,1-2H3;2-5,7-8H,1H3;/q2*-1;+2. The van der Waals surface area contributed by atoms with E-state index in [4.69, 9.17) is 0 Å². The van der Waals surface area contributed by atoms with Crippen molar-refractivity contribution in [3.8, 4) is 22.8 Å². The van der Waals surface area contributed by atoms with Gasteiger partial charge in [-0.1, -0.05) is 6.92 Å². The van der Waals surface area contributed by atoms with Gasteiger partial charge in [0.25, 0.3) is 0 Å². The molecular weight excluding hydrogens is 503 g/mol. The molecule has 26 heavy (non-hydrogen) atoms. The van der Waals surface area contributed by atoms with Crippen LogP contribution in [0.25, 0.3) is 22.8 Å². The number of imidazole rings is 2. The van der Waals surface area contributed by atoms with E-state index < -0.39 is 0 Å². The van der Waals surface area contributed by atoms with Crippen LogP contribution in [-0.2, 0) is 35.2 Å². The smallest absolute Gasteiger partial charge is 0.373 e. The van der Waals surface area contributed by atoms with Crippen molar-refractivity contribution >= 4 is 0 Å². The maximum Gasteiger partial charge on any atom is 2.00 e. The Bertz CT molecular complexity index is 941. The second-order valence-corrected chi connectivity index (χ2v) is 5.78. The number of nitrogens with zero attached hydrogens (tertiary/aromatic N) is 4. The van der Waals surface area contributed by atoms with E-state index in [9.17, 15) is 0 Å². The third kappa shape index (κ3) is 4.80. The van der Waals surface area contributed by atoms with Crippen LogP contribution in [0.5, 0.6) is 0 Å². The van der Waals surface area contributed by atoms with Crippen molar-refractivity contribution in [3.05, 3.63) is 84.9 Å². The van der Waals surface area contributed by atoms with Gasteiger partial charge in [-0.05, 0) is 0 Å². The van der Waals surface area contributed by atoms with Crippen LogP contribution in [0.1, 0.15) is 5.56 Å². The van der Waals surface area contributed by atoms with Gasteiger partial charge in [-0.15, -0.1) is 71.3 Å². The van der Waals surface area contributed by atoms with Crippen LogP contribution in [0.4, 0.5) is 0 Å². The van der Waals surface area contributed by atoms with Gasteiger partial charge in [0.2, 0.25) is 0 Å². The Kier molecular flexibility index (Phi) is 7.11. The van der Waals surface area contributed by atoms with Crippen molar-refractivity contribution in [3.63, 3.8) is 0 Å². The average Bonchev–Trinajstić information content (AvgIpc) is 3.24. The summed E-state index contributed by atoms with van der Waals surface area (Å²) in [4.78, 5) is 8.48. The first-order chi connectivity index (χ1) is 12.1. The number of hydrogen-bond acceptors (Lipinski definition) is 2. The Labute approximate surface area is 168 Å².